The van der Waals surface area contributed by atoms with Crippen molar-refractivity contribution in [1.29, 1.82) is 0 Å². The monoisotopic (exact) mass is 380 g/mol. The SMILES string of the molecule is COc1cc(OC)c(/C=C/C(=O)OCC[C@H]2OC(=O)C(O)=C2O)c(OC)c1. The van der Waals surface area contributed by atoms with E-state index in [9.17, 15) is 19.8 Å². The molecule has 1 aliphatic heterocycles. The number of benzene rings is 1. The molecule has 0 unspecified atom stereocenters. The quantitative estimate of drug-likeness (QED) is 0.514. The Morgan fingerprint density at radius 2 is 1.78 bits per heavy atom. The minimum Gasteiger partial charge on any atom is -0.505 e. The van der Waals surface area contributed by atoms with Crippen LogP contribution in [-0.2, 0) is 19.1 Å². The van der Waals surface area contributed by atoms with E-state index in [0.717, 1.165) is 0 Å². The molecule has 0 fully saturated rings. The second kappa shape index (κ2) is 8.84. The van der Waals surface area contributed by atoms with Crippen LogP contribution in [0.5, 0.6) is 17.2 Å². The maximum absolute atomic E-state index is 11.9. The summed E-state index contributed by atoms with van der Waals surface area (Å²) >= 11 is 0. The molecule has 0 aromatic heterocycles. The van der Waals surface area contributed by atoms with Gasteiger partial charge in [-0.2, -0.15) is 0 Å². The zero-order valence-electron chi connectivity index (χ0n) is 15.1. The maximum Gasteiger partial charge on any atom is 0.377 e. The highest BCUT2D eigenvalue weighted by Crippen LogP contribution is 2.35. The number of aliphatic hydroxyl groups is 2. The molecule has 1 aromatic carbocycles. The molecule has 9 nitrogen and oxygen atoms in total. The van der Waals surface area contributed by atoms with Crippen molar-refractivity contribution >= 4 is 18.0 Å². The van der Waals surface area contributed by atoms with Gasteiger partial charge in [-0.1, -0.05) is 0 Å². The number of cyclic esters (lactones) is 1. The fourth-order valence-electron chi connectivity index (χ4n) is 2.36. The van der Waals surface area contributed by atoms with Gasteiger partial charge in [0.05, 0.1) is 33.5 Å². The lowest BCUT2D eigenvalue weighted by molar-refractivity contribution is -0.144. The first-order chi connectivity index (χ1) is 12.9. The minimum absolute atomic E-state index is 0.0103. The van der Waals surface area contributed by atoms with Gasteiger partial charge in [0.2, 0.25) is 5.76 Å². The third-order valence-corrected chi connectivity index (χ3v) is 3.75. The molecule has 1 atom stereocenters. The zero-order chi connectivity index (χ0) is 20.0. The molecule has 146 valence electrons. The molecule has 0 saturated heterocycles. The molecular weight excluding hydrogens is 360 g/mol. The van der Waals surface area contributed by atoms with Crippen molar-refractivity contribution in [3.8, 4) is 17.2 Å². The van der Waals surface area contributed by atoms with Gasteiger partial charge in [0, 0.05) is 24.6 Å². The van der Waals surface area contributed by atoms with Crippen molar-refractivity contribution in [3.63, 3.8) is 0 Å². The van der Waals surface area contributed by atoms with E-state index >= 15 is 0 Å². The Bertz CT molecular complexity index is 754. The summed E-state index contributed by atoms with van der Waals surface area (Å²) < 4.78 is 25.4. The summed E-state index contributed by atoms with van der Waals surface area (Å²) in [5, 5.41) is 18.7. The Labute approximate surface area is 155 Å². The van der Waals surface area contributed by atoms with Gasteiger partial charge in [0.1, 0.15) is 17.2 Å². The largest absolute Gasteiger partial charge is 0.505 e. The Balaban J connectivity index is 1.98. The maximum atomic E-state index is 11.9. The van der Waals surface area contributed by atoms with Gasteiger partial charge in [-0.3, -0.25) is 0 Å². The standard InChI is InChI=1S/C18H20O9/c1-23-10-8-13(24-2)11(14(9-10)25-3)4-5-15(19)26-7-6-12-16(20)17(21)18(22)27-12/h4-5,8-9,12,20-21H,6-7H2,1-3H3/b5-4+/t12-/m1/s1. The zero-order valence-corrected chi connectivity index (χ0v) is 15.1. The van der Waals surface area contributed by atoms with Crippen LogP contribution in [-0.4, -0.2) is 56.2 Å². The number of hydrogen-bond donors (Lipinski definition) is 2. The molecule has 2 rings (SSSR count). The molecule has 1 aromatic rings. The van der Waals surface area contributed by atoms with Crippen LogP contribution < -0.4 is 14.2 Å². The van der Waals surface area contributed by atoms with E-state index in [2.05, 4.69) is 0 Å². The van der Waals surface area contributed by atoms with Crippen molar-refractivity contribution in [1.82, 2.24) is 0 Å². The molecule has 2 N–H and O–H groups in total. The molecule has 0 spiro atoms. The van der Waals surface area contributed by atoms with Gasteiger partial charge in [-0.15, -0.1) is 0 Å². The average molecular weight is 380 g/mol. The number of carbonyl (C=O) groups is 2. The van der Waals surface area contributed by atoms with E-state index in [1.165, 1.54) is 33.5 Å². The van der Waals surface area contributed by atoms with Gasteiger partial charge in [-0.25, -0.2) is 9.59 Å². The second-order valence-corrected chi connectivity index (χ2v) is 5.36. The molecule has 1 aliphatic rings. The molecule has 9 heteroatoms. The number of hydrogen-bond acceptors (Lipinski definition) is 9. The van der Waals surface area contributed by atoms with Crippen LogP contribution >= 0.6 is 0 Å². The normalized spacial score (nSPS) is 16.4. The molecule has 0 amide bonds. The highest BCUT2D eigenvalue weighted by atomic mass is 16.6. The lowest BCUT2D eigenvalue weighted by Crippen LogP contribution is -2.16. The number of rotatable bonds is 8. The van der Waals surface area contributed by atoms with Gasteiger partial charge < -0.3 is 33.9 Å². The Morgan fingerprint density at radius 3 is 2.26 bits per heavy atom. The van der Waals surface area contributed by atoms with Crippen molar-refractivity contribution < 1.29 is 43.5 Å². The Kier molecular flexibility index (Phi) is 6.53. The second-order valence-electron chi connectivity index (χ2n) is 5.36. The van der Waals surface area contributed by atoms with E-state index in [1.54, 1.807) is 12.1 Å². The van der Waals surface area contributed by atoms with Gasteiger partial charge >= 0.3 is 11.9 Å². The third-order valence-electron chi connectivity index (χ3n) is 3.75. The van der Waals surface area contributed by atoms with Crippen LogP contribution in [0, 0.1) is 0 Å². The van der Waals surface area contributed by atoms with Gasteiger partial charge in [0.15, 0.2) is 11.9 Å². The van der Waals surface area contributed by atoms with Crippen LogP contribution in [0.4, 0.5) is 0 Å². The molecule has 27 heavy (non-hydrogen) atoms. The summed E-state index contributed by atoms with van der Waals surface area (Å²) in [4.78, 5) is 23.0. The lowest BCUT2D eigenvalue weighted by atomic mass is 10.1. The average Bonchev–Trinajstić information content (AvgIpc) is 2.92. The molecule has 0 radical (unpaired) electrons. The summed E-state index contributed by atoms with van der Waals surface area (Å²) in [5.41, 5.74) is 0.521. The molecular formula is C18H20O9. The number of methoxy groups -OCH3 is 3. The summed E-state index contributed by atoms with van der Waals surface area (Å²) in [6.45, 7) is -0.130. The first kappa shape index (κ1) is 20.0. The summed E-state index contributed by atoms with van der Waals surface area (Å²) in [6.07, 6.45) is 1.63. The van der Waals surface area contributed by atoms with E-state index in [1.807, 2.05) is 0 Å². The summed E-state index contributed by atoms with van der Waals surface area (Å²) in [5.74, 6) is -1.65. The van der Waals surface area contributed by atoms with Crippen molar-refractivity contribution in [3.05, 3.63) is 35.3 Å². The predicted molar refractivity (Wildman–Crippen MR) is 92.9 cm³/mol. The van der Waals surface area contributed by atoms with Gasteiger partial charge in [0.25, 0.3) is 0 Å². The van der Waals surface area contributed by atoms with E-state index in [-0.39, 0.29) is 13.0 Å². The van der Waals surface area contributed by atoms with E-state index in [0.29, 0.717) is 22.8 Å². The third kappa shape index (κ3) is 4.63. The van der Waals surface area contributed by atoms with E-state index < -0.39 is 29.6 Å². The number of carbonyl (C=O) groups excluding carboxylic acids is 2. The number of aliphatic hydroxyl groups excluding tert-OH is 2. The van der Waals surface area contributed by atoms with E-state index in [4.69, 9.17) is 23.7 Å². The minimum atomic E-state index is -1.03. The van der Waals surface area contributed by atoms with Crippen LogP contribution in [0.1, 0.15) is 12.0 Å². The topological polar surface area (TPSA) is 121 Å². The highest BCUT2D eigenvalue weighted by Gasteiger charge is 2.34. The summed E-state index contributed by atoms with van der Waals surface area (Å²) in [6, 6.07) is 3.28. The highest BCUT2D eigenvalue weighted by molar-refractivity contribution is 5.89. The van der Waals surface area contributed by atoms with Crippen LogP contribution in [0.25, 0.3) is 6.08 Å². The molecule has 0 aliphatic carbocycles. The first-order valence-electron chi connectivity index (χ1n) is 7.89. The molecule has 0 bridgehead atoms. The molecule has 1 heterocycles. The number of ether oxygens (including phenoxy) is 5. The Morgan fingerprint density at radius 1 is 1.15 bits per heavy atom. The van der Waals surface area contributed by atoms with Crippen LogP contribution in [0.3, 0.4) is 0 Å². The smallest absolute Gasteiger partial charge is 0.377 e. The van der Waals surface area contributed by atoms with Crippen molar-refractivity contribution in [2.75, 3.05) is 27.9 Å². The Hall–Kier alpha value is -3.36. The lowest BCUT2D eigenvalue weighted by Gasteiger charge is -2.12. The van der Waals surface area contributed by atoms with Crippen molar-refractivity contribution in [2.45, 2.75) is 12.5 Å². The fraction of sp³-hybridized carbons (Fsp3) is 0.333. The van der Waals surface area contributed by atoms with Gasteiger partial charge in [-0.05, 0) is 6.08 Å². The predicted octanol–water partition coefficient (Wildman–Crippen LogP) is 1.91. The van der Waals surface area contributed by atoms with Crippen molar-refractivity contribution in [2.24, 2.45) is 0 Å². The fourth-order valence-corrected chi connectivity index (χ4v) is 2.36. The summed E-state index contributed by atoms with van der Waals surface area (Å²) in [7, 11) is 4.46. The van der Waals surface area contributed by atoms with Crippen LogP contribution in [0.2, 0.25) is 0 Å². The molecule has 0 saturated carbocycles. The van der Waals surface area contributed by atoms with Crippen LogP contribution in [0.15, 0.2) is 29.7 Å². The first-order valence-corrected chi connectivity index (χ1v) is 7.89. The number of esters is 2.